The van der Waals surface area contributed by atoms with E-state index in [9.17, 15) is 14.4 Å². The van der Waals surface area contributed by atoms with Gasteiger partial charge in [-0.15, -0.1) is 0 Å². The van der Waals surface area contributed by atoms with Gasteiger partial charge in [-0.2, -0.15) is 0 Å². The molecule has 8 heteroatoms. The summed E-state index contributed by atoms with van der Waals surface area (Å²) in [6.07, 6.45) is 1.15. The summed E-state index contributed by atoms with van der Waals surface area (Å²) >= 11 is 0. The standard InChI is InChI=1S/C20H19N3O5/c1-28-17-8-7-13(19(26)21-14-5-3-2-4-6-14)11-15(17)22-16-12-18(25)23(9-10-24)20(16)27/h2-8,11-12,22,24H,9-10H2,1H3,(H,21,26). The van der Waals surface area contributed by atoms with Crippen LogP contribution in [0.1, 0.15) is 10.4 Å². The minimum absolute atomic E-state index is 0.0392. The molecule has 3 N–H and O–H groups in total. The monoisotopic (exact) mass is 381 g/mol. The summed E-state index contributed by atoms with van der Waals surface area (Å²) in [4.78, 5) is 37.6. The van der Waals surface area contributed by atoms with Gasteiger partial charge in [0.25, 0.3) is 17.7 Å². The maximum Gasteiger partial charge on any atom is 0.277 e. The summed E-state index contributed by atoms with van der Waals surface area (Å²) in [5.74, 6) is -1.00. The van der Waals surface area contributed by atoms with Crippen molar-refractivity contribution in [2.24, 2.45) is 0 Å². The van der Waals surface area contributed by atoms with E-state index in [0.29, 0.717) is 22.7 Å². The van der Waals surface area contributed by atoms with Crippen LogP contribution in [0.3, 0.4) is 0 Å². The Labute approximate surface area is 161 Å². The van der Waals surface area contributed by atoms with Crippen LogP contribution in [0.5, 0.6) is 5.75 Å². The molecule has 2 aromatic rings. The van der Waals surface area contributed by atoms with Gasteiger partial charge in [0.05, 0.1) is 25.9 Å². The van der Waals surface area contributed by atoms with Crippen molar-refractivity contribution in [2.75, 3.05) is 30.9 Å². The molecule has 0 aromatic heterocycles. The highest BCUT2D eigenvalue weighted by Crippen LogP contribution is 2.28. The highest BCUT2D eigenvalue weighted by atomic mass is 16.5. The van der Waals surface area contributed by atoms with Crippen molar-refractivity contribution in [1.29, 1.82) is 0 Å². The fourth-order valence-electron chi connectivity index (χ4n) is 2.73. The van der Waals surface area contributed by atoms with Crippen molar-refractivity contribution in [2.45, 2.75) is 0 Å². The molecular weight excluding hydrogens is 362 g/mol. The second-order valence-electron chi connectivity index (χ2n) is 5.94. The second-order valence-corrected chi connectivity index (χ2v) is 5.94. The third kappa shape index (κ3) is 4.02. The molecule has 1 heterocycles. The van der Waals surface area contributed by atoms with E-state index in [1.807, 2.05) is 18.2 Å². The average Bonchev–Trinajstić information content (AvgIpc) is 2.96. The number of ether oxygens (including phenoxy) is 1. The Bertz CT molecular complexity index is 940. The van der Waals surface area contributed by atoms with Gasteiger partial charge in [-0.25, -0.2) is 0 Å². The van der Waals surface area contributed by atoms with Gasteiger partial charge in [-0.3, -0.25) is 19.3 Å². The van der Waals surface area contributed by atoms with E-state index >= 15 is 0 Å². The number of rotatable bonds is 7. The molecule has 0 bridgehead atoms. The Balaban J connectivity index is 1.82. The van der Waals surface area contributed by atoms with E-state index in [0.717, 1.165) is 11.0 Å². The Hall–Kier alpha value is -3.65. The number of para-hydroxylation sites is 1. The minimum atomic E-state index is -0.555. The van der Waals surface area contributed by atoms with Crippen molar-refractivity contribution in [3.8, 4) is 5.75 Å². The molecule has 0 saturated carbocycles. The van der Waals surface area contributed by atoms with Gasteiger partial charge in [0, 0.05) is 17.3 Å². The van der Waals surface area contributed by atoms with Crippen LogP contribution < -0.4 is 15.4 Å². The molecule has 1 aliphatic rings. The SMILES string of the molecule is COc1ccc(C(=O)Nc2ccccc2)cc1NC1=CC(=O)N(CCO)C1=O. The number of hydrogen-bond acceptors (Lipinski definition) is 6. The lowest BCUT2D eigenvalue weighted by Crippen LogP contribution is -2.34. The number of nitrogens with one attached hydrogen (secondary N) is 2. The largest absolute Gasteiger partial charge is 0.495 e. The van der Waals surface area contributed by atoms with Crippen LogP contribution in [0.2, 0.25) is 0 Å². The molecule has 0 fully saturated rings. The Morgan fingerprint density at radius 1 is 1.14 bits per heavy atom. The van der Waals surface area contributed by atoms with Gasteiger partial charge >= 0.3 is 0 Å². The van der Waals surface area contributed by atoms with Crippen LogP contribution in [0, 0.1) is 0 Å². The van der Waals surface area contributed by atoms with Gasteiger partial charge in [-0.05, 0) is 30.3 Å². The number of amides is 3. The average molecular weight is 381 g/mol. The Morgan fingerprint density at radius 3 is 2.57 bits per heavy atom. The van der Waals surface area contributed by atoms with E-state index in [-0.39, 0.29) is 24.8 Å². The molecular formula is C20H19N3O5. The first kappa shape index (κ1) is 19.1. The predicted octanol–water partition coefficient (Wildman–Crippen LogP) is 1.60. The smallest absolute Gasteiger partial charge is 0.277 e. The van der Waals surface area contributed by atoms with Gasteiger partial charge in [0.2, 0.25) is 0 Å². The van der Waals surface area contributed by atoms with Crippen molar-refractivity contribution in [3.63, 3.8) is 0 Å². The van der Waals surface area contributed by atoms with Crippen molar-refractivity contribution >= 4 is 29.1 Å². The number of β-amino-alcohol motifs (C(OH)–C–C–N with tert-alkyl or cyclic N) is 1. The number of nitrogens with zero attached hydrogens (tertiary/aromatic N) is 1. The fraction of sp³-hybridized carbons (Fsp3) is 0.150. The van der Waals surface area contributed by atoms with Crippen molar-refractivity contribution in [3.05, 3.63) is 65.9 Å². The van der Waals surface area contributed by atoms with Crippen molar-refractivity contribution in [1.82, 2.24) is 4.90 Å². The molecule has 3 amide bonds. The molecule has 2 aromatic carbocycles. The number of anilines is 2. The summed E-state index contributed by atoms with van der Waals surface area (Å²) in [5, 5.41) is 14.6. The molecule has 8 nitrogen and oxygen atoms in total. The first-order valence-electron chi connectivity index (χ1n) is 8.53. The molecule has 28 heavy (non-hydrogen) atoms. The van der Waals surface area contributed by atoms with E-state index < -0.39 is 11.8 Å². The maximum absolute atomic E-state index is 12.5. The maximum atomic E-state index is 12.5. The molecule has 0 aliphatic carbocycles. The van der Waals surface area contributed by atoms with Crippen LogP contribution in [-0.2, 0) is 9.59 Å². The van der Waals surface area contributed by atoms with E-state index in [1.54, 1.807) is 24.3 Å². The molecule has 0 spiro atoms. The van der Waals surface area contributed by atoms with Crippen LogP contribution >= 0.6 is 0 Å². The molecule has 0 radical (unpaired) electrons. The Kier molecular flexibility index (Phi) is 5.71. The summed E-state index contributed by atoms with van der Waals surface area (Å²) < 4.78 is 5.27. The van der Waals surface area contributed by atoms with Crippen LogP contribution in [0.15, 0.2) is 60.3 Å². The van der Waals surface area contributed by atoms with Crippen LogP contribution in [0.25, 0.3) is 0 Å². The number of benzene rings is 2. The van der Waals surface area contributed by atoms with Gasteiger partial charge in [0.15, 0.2) is 0 Å². The van der Waals surface area contributed by atoms with Gasteiger partial charge in [-0.1, -0.05) is 18.2 Å². The highest BCUT2D eigenvalue weighted by molar-refractivity contribution is 6.17. The molecule has 0 atom stereocenters. The lowest BCUT2D eigenvalue weighted by Gasteiger charge is -2.15. The number of imide groups is 1. The van der Waals surface area contributed by atoms with E-state index in [4.69, 9.17) is 9.84 Å². The molecule has 0 saturated heterocycles. The number of carbonyl (C=O) groups excluding carboxylic acids is 3. The molecule has 1 aliphatic heterocycles. The predicted molar refractivity (Wildman–Crippen MR) is 103 cm³/mol. The number of aliphatic hydroxyl groups excluding tert-OH is 1. The zero-order chi connectivity index (χ0) is 20.1. The van der Waals surface area contributed by atoms with Gasteiger partial charge < -0.3 is 20.5 Å². The van der Waals surface area contributed by atoms with Gasteiger partial charge in [0.1, 0.15) is 11.4 Å². The molecule has 3 rings (SSSR count). The number of methoxy groups -OCH3 is 1. The van der Waals surface area contributed by atoms with Crippen molar-refractivity contribution < 1.29 is 24.2 Å². The number of carbonyl (C=O) groups is 3. The minimum Gasteiger partial charge on any atom is -0.495 e. The lowest BCUT2D eigenvalue weighted by molar-refractivity contribution is -0.137. The van der Waals surface area contributed by atoms with E-state index in [1.165, 1.54) is 13.2 Å². The van der Waals surface area contributed by atoms with Crippen LogP contribution in [0.4, 0.5) is 11.4 Å². The summed E-state index contributed by atoms with van der Waals surface area (Å²) in [7, 11) is 1.46. The first-order chi connectivity index (χ1) is 13.5. The zero-order valence-corrected chi connectivity index (χ0v) is 15.1. The summed E-state index contributed by atoms with van der Waals surface area (Å²) in [6, 6.07) is 13.7. The summed E-state index contributed by atoms with van der Waals surface area (Å²) in [5.41, 5.74) is 1.40. The Morgan fingerprint density at radius 2 is 1.89 bits per heavy atom. The topological polar surface area (TPSA) is 108 Å². The number of aliphatic hydroxyl groups is 1. The van der Waals surface area contributed by atoms with E-state index in [2.05, 4.69) is 10.6 Å². The zero-order valence-electron chi connectivity index (χ0n) is 15.1. The lowest BCUT2D eigenvalue weighted by atomic mass is 10.1. The number of hydrogen-bond donors (Lipinski definition) is 3. The molecule has 144 valence electrons. The summed E-state index contributed by atoms with van der Waals surface area (Å²) in [6.45, 7) is -0.410. The highest BCUT2D eigenvalue weighted by Gasteiger charge is 2.31. The third-order valence-corrected chi connectivity index (χ3v) is 4.10. The third-order valence-electron chi connectivity index (χ3n) is 4.10. The fourth-order valence-corrected chi connectivity index (χ4v) is 2.73. The molecule has 0 unspecified atom stereocenters. The first-order valence-corrected chi connectivity index (χ1v) is 8.53. The van der Waals surface area contributed by atoms with Crippen LogP contribution in [-0.4, -0.2) is 48.0 Å². The second kappa shape index (κ2) is 8.36. The normalized spacial score (nSPS) is 13.4. The quantitative estimate of drug-likeness (QED) is 0.629.